The minimum atomic E-state index is -1.06. The number of aromatic amines is 1. The van der Waals surface area contributed by atoms with Crippen LogP contribution in [0.4, 0.5) is 15.9 Å². The largest absolute Gasteiger partial charge is 0.323 e. The van der Waals surface area contributed by atoms with Crippen LogP contribution in [0.15, 0.2) is 46.9 Å². The second-order valence-electron chi connectivity index (χ2n) is 5.51. The molecule has 0 aliphatic carbocycles. The third-order valence-corrected chi connectivity index (χ3v) is 4.58. The molecule has 0 radical (unpaired) electrons. The van der Waals surface area contributed by atoms with Crippen molar-refractivity contribution in [3.8, 4) is 0 Å². The van der Waals surface area contributed by atoms with Gasteiger partial charge < -0.3 is 15.6 Å². The molecule has 1 unspecified atom stereocenters. The molecule has 0 spiro atoms. The van der Waals surface area contributed by atoms with E-state index in [0.29, 0.717) is 10.9 Å². The van der Waals surface area contributed by atoms with Crippen molar-refractivity contribution >= 4 is 35.1 Å². The number of carbonyl (C=O) groups is 2. The Bertz CT molecular complexity index is 944. The molecule has 26 heavy (non-hydrogen) atoms. The summed E-state index contributed by atoms with van der Waals surface area (Å²) >= 11 is 1.24. The molecular formula is C17H15FN4O3S. The first kappa shape index (κ1) is 17.9. The summed E-state index contributed by atoms with van der Waals surface area (Å²) in [5.41, 5.74) is -0.482. The molecule has 0 bridgehead atoms. The normalized spacial score (nSPS) is 15.7. The maximum atomic E-state index is 13.8. The highest BCUT2D eigenvalue weighted by molar-refractivity contribution is 7.99. The summed E-state index contributed by atoms with van der Waals surface area (Å²) in [7, 11) is 0. The Hall–Kier alpha value is -2.94. The molecule has 134 valence electrons. The zero-order valence-corrected chi connectivity index (χ0v) is 14.4. The van der Waals surface area contributed by atoms with Crippen LogP contribution in [-0.2, 0) is 9.59 Å². The van der Waals surface area contributed by atoms with Crippen LogP contribution < -0.4 is 16.2 Å². The fourth-order valence-electron chi connectivity index (χ4n) is 2.56. The second kappa shape index (κ2) is 7.52. The van der Waals surface area contributed by atoms with Gasteiger partial charge in [0, 0.05) is 12.2 Å². The highest BCUT2D eigenvalue weighted by Crippen LogP contribution is 2.30. The summed E-state index contributed by atoms with van der Waals surface area (Å²) in [5.74, 6) is -2.19. The number of hydrogen-bond acceptors (Lipinski definition) is 5. The van der Waals surface area contributed by atoms with Crippen LogP contribution >= 0.6 is 11.8 Å². The Kier molecular flexibility index (Phi) is 5.17. The van der Waals surface area contributed by atoms with Crippen molar-refractivity contribution in [1.29, 1.82) is 0 Å². The van der Waals surface area contributed by atoms with E-state index in [4.69, 9.17) is 0 Å². The van der Waals surface area contributed by atoms with Gasteiger partial charge in [0.2, 0.25) is 11.8 Å². The van der Waals surface area contributed by atoms with Crippen LogP contribution in [0, 0.1) is 5.82 Å². The Morgan fingerprint density at radius 2 is 2.19 bits per heavy atom. The Morgan fingerprint density at radius 3 is 2.92 bits per heavy atom. The zero-order chi connectivity index (χ0) is 18.7. The lowest BCUT2D eigenvalue weighted by Gasteiger charge is -2.23. The minimum Gasteiger partial charge on any atom is -0.323 e. The second-order valence-corrected chi connectivity index (χ2v) is 6.52. The van der Waals surface area contributed by atoms with Crippen LogP contribution in [0.2, 0.25) is 0 Å². The number of halogens is 1. The number of rotatable bonds is 5. The number of anilines is 2. The van der Waals surface area contributed by atoms with Crippen LogP contribution in [0.5, 0.6) is 0 Å². The molecular weight excluding hydrogens is 359 g/mol. The van der Waals surface area contributed by atoms with Crippen LogP contribution in [0.3, 0.4) is 0 Å². The van der Waals surface area contributed by atoms with Gasteiger partial charge in [-0.25, -0.2) is 9.37 Å². The van der Waals surface area contributed by atoms with Gasteiger partial charge in [-0.05, 0) is 12.1 Å². The summed E-state index contributed by atoms with van der Waals surface area (Å²) < 4.78 is 13.8. The van der Waals surface area contributed by atoms with E-state index in [2.05, 4.69) is 27.2 Å². The maximum absolute atomic E-state index is 13.8. The van der Waals surface area contributed by atoms with Crippen molar-refractivity contribution in [2.75, 3.05) is 16.4 Å². The lowest BCUT2D eigenvalue weighted by Crippen LogP contribution is -2.36. The van der Waals surface area contributed by atoms with E-state index in [1.807, 2.05) is 0 Å². The van der Waals surface area contributed by atoms with Gasteiger partial charge in [-0.1, -0.05) is 30.0 Å². The van der Waals surface area contributed by atoms with Crippen LogP contribution in [-0.4, -0.2) is 27.5 Å². The van der Waals surface area contributed by atoms with Crippen molar-refractivity contribution in [3.63, 3.8) is 0 Å². The number of hydrogen-bond donors (Lipinski definition) is 3. The molecule has 0 saturated carbocycles. The molecule has 0 saturated heterocycles. The Balaban J connectivity index is 1.94. The molecule has 1 aromatic carbocycles. The third kappa shape index (κ3) is 3.67. The fourth-order valence-corrected chi connectivity index (χ4v) is 3.16. The minimum absolute atomic E-state index is 0.0208. The molecule has 7 nitrogen and oxygen atoms in total. The van der Waals surface area contributed by atoms with Gasteiger partial charge in [0.25, 0.3) is 5.56 Å². The van der Waals surface area contributed by atoms with E-state index in [-0.39, 0.29) is 23.5 Å². The molecule has 1 aliphatic heterocycles. The van der Waals surface area contributed by atoms with E-state index in [0.717, 1.165) is 0 Å². The predicted molar refractivity (Wildman–Crippen MR) is 96.8 cm³/mol. The number of amides is 2. The highest BCUT2D eigenvalue weighted by atomic mass is 32.2. The SMILES string of the molecule is C=CCSc1nc2c(c(=O)[nH]1)C(C(=O)Nc1ccccc1F)CC(=O)N2. The molecule has 1 atom stereocenters. The van der Waals surface area contributed by atoms with Gasteiger partial charge >= 0.3 is 0 Å². The Morgan fingerprint density at radius 1 is 1.42 bits per heavy atom. The van der Waals surface area contributed by atoms with E-state index in [9.17, 15) is 18.8 Å². The van der Waals surface area contributed by atoms with Crippen molar-refractivity contribution in [2.45, 2.75) is 17.5 Å². The van der Waals surface area contributed by atoms with E-state index >= 15 is 0 Å². The number of thioether (sulfide) groups is 1. The van der Waals surface area contributed by atoms with Crippen molar-refractivity contribution in [3.05, 3.63) is 58.7 Å². The van der Waals surface area contributed by atoms with Gasteiger partial charge in [0.1, 0.15) is 11.6 Å². The molecule has 3 N–H and O–H groups in total. The molecule has 1 aliphatic rings. The standard InChI is InChI=1S/C17H15FN4O3S/c1-2-7-26-17-21-14-13(16(25)22-17)9(8-12(23)20-14)15(24)19-11-6-4-3-5-10(11)18/h2-6,9H,1,7-8H2,(H,19,24)(H2,20,21,22,23,25). The average Bonchev–Trinajstić information content (AvgIpc) is 2.60. The average molecular weight is 374 g/mol. The van der Waals surface area contributed by atoms with E-state index in [1.54, 1.807) is 12.1 Å². The van der Waals surface area contributed by atoms with Gasteiger partial charge in [0.15, 0.2) is 5.16 Å². The molecule has 2 aromatic rings. The number of benzene rings is 1. The van der Waals surface area contributed by atoms with Crippen LogP contribution in [0.25, 0.3) is 0 Å². The Labute approximate surface area is 152 Å². The predicted octanol–water partition coefficient (Wildman–Crippen LogP) is 2.25. The van der Waals surface area contributed by atoms with Gasteiger partial charge in [-0.3, -0.25) is 14.4 Å². The molecule has 2 heterocycles. The molecule has 9 heteroatoms. The molecule has 3 rings (SSSR count). The first-order valence-electron chi connectivity index (χ1n) is 7.72. The first-order valence-corrected chi connectivity index (χ1v) is 8.71. The van der Waals surface area contributed by atoms with E-state index < -0.39 is 29.1 Å². The number of fused-ring (bicyclic) bond motifs is 1. The lowest BCUT2D eigenvalue weighted by molar-refractivity contribution is -0.123. The summed E-state index contributed by atoms with van der Waals surface area (Å²) in [6.45, 7) is 3.59. The van der Waals surface area contributed by atoms with E-state index in [1.165, 1.54) is 30.0 Å². The van der Waals surface area contributed by atoms with Crippen LogP contribution in [0.1, 0.15) is 17.9 Å². The third-order valence-electron chi connectivity index (χ3n) is 3.72. The number of carbonyl (C=O) groups excluding carboxylic acids is 2. The fraction of sp³-hybridized carbons (Fsp3) is 0.176. The van der Waals surface area contributed by atoms with Crippen molar-refractivity contribution in [1.82, 2.24) is 9.97 Å². The molecule has 0 fully saturated rings. The smallest absolute Gasteiger partial charge is 0.257 e. The van der Waals surface area contributed by atoms with Gasteiger partial charge in [-0.2, -0.15) is 0 Å². The number of nitrogens with zero attached hydrogens (tertiary/aromatic N) is 1. The van der Waals surface area contributed by atoms with Crippen molar-refractivity contribution in [2.24, 2.45) is 0 Å². The lowest BCUT2D eigenvalue weighted by atomic mass is 9.92. The monoisotopic (exact) mass is 374 g/mol. The summed E-state index contributed by atoms with van der Waals surface area (Å²) in [6, 6.07) is 5.66. The summed E-state index contributed by atoms with van der Waals surface area (Å²) in [6.07, 6.45) is 1.42. The summed E-state index contributed by atoms with van der Waals surface area (Å²) in [4.78, 5) is 43.8. The highest BCUT2D eigenvalue weighted by Gasteiger charge is 2.35. The zero-order valence-electron chi connectivity index (χ0n) is 13.5. The first-order chi connectivity index (χ1) is 12.5. The van der Waals surface area contributed by atoms with Gasteiger partial charge in [0.05, 0.1) is 17.2 Å². The number of aromatic nitrogens is 2. The molecule has 2 amide bonds. The summed E-state index contributed by atoms with van der Waals surface area (Å²) in [5, 5.41) is 5.25. The topological polar surface area (TPSA) is 104 Å². The van der Waals surface area contributed by atoms with Crippen molar-refractivity contribution < 1.29 is 14.0 Å². The number of nitrogens with one attached hydrogen (secondary N) is 3. The molecule has 1 aromatic heterocycles. The number of para-hydroxylation sites is 1. The van der Waals surface area contributed by atoms with Gasteiger partial charge in [-0.15, -0.1) is 6.58 Å². The number of H-pyrrole nitrogens is 1. The maximum Gasteiger partial charge on any atom is 0.257 e. The quantitative estimate of drug-likeness (QED) is 0.423.